The van der Waals surface area contributed by atoms with Crippen LogP contribution in [-0.2, 0) is 11.3 Å². The van der Waals surface area contributed by atoms with Gasteiger partial charge in [-0.3, -0.25) is 4.79 Å². The van der Waals surface area contributed by atoms with Crippen LogP contribution in [0.15, 0.2) is 29.4 Å². The molecule has 1 fully saturated rings. The molecule has 158 valence electrons. The second kappa shape index (κ2) is 10.1. The Bertz CT molecular complexity index is 815. The number of amides is 1. The summed E-state index contributed by atoms with van der Waals surface area (Å²) in [4.78, 5) is 15.2. The van der Waals surface area contributed by atoms with Gasteiger partial charge in [0.05, 0.1) is 18.4 Å². The molecule has 0 spiro atoms. The smallest absolute Gasteiger partial charge is 0.233 e. The molecule has 3 rings (SSSR count). The zero-order valence-electron chi connectivity index (χ0n) is 17.9. The van der Waals surface area contributed by atoms with Crippen LogP contribution in [0.25, 0.3) is 11.4 Å². The van der Waals surface area contributed by atoms with E-state index in [1.165, 1.54) is 31.0 Å². The maximum absolute atomic E-state index is 13.1. The largest absolute Gasteiger partial charge is 0.496 e. The average molecular weight is 417 g/mol. The first-order valence-corrected chi connectivity index (χ1v) is 11.6. The Balaban J connectivity index is 1.75. The Morgan fingerprint density at radius 2 is 1.97 bits per heavy atom. The van der Waals surface area contributed by atoms with Gasteiger partial charge in [-0.1, -0.05) is 43.2 Å². The second-order valence-corrected chi connectivity index (χ2v) is 8.67. The van der Waals surface area contributed by atoms with Gasteiger partial charge < -0.3 is 14.2 Å². The molecule has 0 bridgehead atoms. The molecular weight excluding hydrogens is 384 g/mol. The number of nitrogens with zero attached hydrogens (tertiary/aromatic N) is 4. The van der Waals surface area contributed by atoms with Crippen molar-refractivity contribution in [3.05, 3.63) is 24.3 Å². The topological polar surface area (TPSA) is 60.2 Å². The molecule has 1 heterocycles. The average Bonchev–Trinajstić information content (AvgIpc) is 3.15. The van der Waals surface area contributed by atoms with Gasteiger partial charge in [-0.2, -0.15) is 0 Å². The van der Waals surface area contributed by atoms with Crippen LogP contribution < -0.4 is 4.74 Å². The monoisotopic (exact) mass is 416 g/mol. The van der Waals surface area contributed by atoms with E-state index in [9.17, 15) is 4.79 Å². The Morgan fingerprint density at radius 3 is 2.62 bits per heavy atom. The maximum atomic E-state index is 13.1. The van der Waals surface area contributed by atoms with E-state index in [0.717, 1.165) is 41.7 Å². The van der Waals surface area contributed by atoms with Crippen LogP contribution in [0, 0.1) is 0 Å². The summed E-state index contributed by atoms with van der Waals surface area (Å²) in [6, 6.07) is 8.41. The molecule has 1 aromatic carbocycles. The fourth-order valence-corrected chi connectivity index (χ4v) is 5.05. The van der Waals surface area contributed by atoms with Gasteiger partial charge in [-0.15, -0.1) is 10.2 Å². The summed E-state index contributed by atoms with van der Waals surface area (Å²) in [5, 5.41) is 9.55. The number of benzene rings is 1. The van der Waals surface area contributed by atoms with Gasteiger partial charge in [0.1, 0.15) is 5.75 Å². The Hall–Kier alpha value is -2.02. The van der Waals surface area contributed by atoms with Crippen molar-refractivity contribution in [1.29, 1.82) is 0 Å². The second-order valence-electron chi connectivity index (χ2n) is 7.73. The lowest BCUT2D eigenvalue weighted by molar-refractivity contribution is -0.133. The van der Waals surface area contributed by atoms with Crippen molar-refractivity contribution in [3.8, 4) is 17.1 Å². The van der Waals surface area contributed by atoms with E-state index >= 15 is 0 Å². The minimum Gasteiger partial charge on any atom is -0.496 e. The molecule has 1 amide bonds. The Labute approximate surface area is 178 Å². The van der Waals surface area contributed by atoms with Crippen LogP contribution in [0.3, 0.4) is 0 Å². The van der Waals surface area contributed by atoms with Crippen molar-refractivity contribution in [2.75, 3.05) is 12.9 Å². The minimum absolute atomic E-state index is 0.196. The van der Waals surface area contributed by atoms with Crippen molar-refractivity contribution in [2.45, 2.75) is 76.7 Å². The van der Waals surface area contributed by atoms with Crippen LogP contribution in [0.4, 0.5) is 0 Å². The predicted octanol–water partition coefficient (Wildman–Crippen LogP) is 4.64. The summed E-state index contributed by atoms with van der Waals surface area (Å²) in [6.07, 6.45) is 5.98. The van der Waals surface area contributed by atoms with Gasteiger partial charge >= 0.3 is 0 Å². The molecule has 6 nitrogen and oxygen atoms in total. The van der Waals surface area contributed by atoms with Gasteiger partial charge in [0.25, 0.3) is 0 Å². The summed E-state index contributed by atoms with van der Waals surface area (Å²) < 4.78 is 7.53. The summed E-state index contributed by atoms with van der Waals surface area (Å²) in [7, 11) is 1.66. The maximum Gasteiger partial charge on any atom is 0.233 e. The number of carbonyl (C=O) groups excluding carboxylic acids is 1. The van der Waals surface area contributed by atoms with E-state index in [-0.39, 0.29) is 11.9 Å². The standard InChI is InChI=1S/C22H32N4O2S/c1-5-25-21(18-13-9-10-14-19(18)28-4)23-24-22(25)29-15-20(27)26(16(2)3)17-11-7-6-8-12-17/h9-10,13-14,16-17H,5-8,11-12,15H2,1-4H3. The number of carbonyl (C=O) groups is 1. The SMILES string of the molecule is CCn1c(SCC(=O)N(C(C)C)C2CCCCC2)nnc1-c1ccccc1OC. The lowest BCUT2D eigenvalue weighted by Gasteiger charge is -2.37. The van der Waals surface area contributed by atoms with Crippen molar-refractivity contribution in [2.24, 2.45) is 0 Å². The quantitative estimate of drug-likeness (QED) is 0.587. The summed E-state index contributed by atoms with van der Waals surface area (Å²) in [5.74, 6) is 2.12. The first-order chi connectivity index (χ1) is 14.1. The molecule has 0 aliphatic heterocycles. The molecule has 2 aromatic rings. The molecule has 1 saturated carbocycles. The first kappa shape index (κ1) is 21.7. The molecule has 0 radical (unpaired) electrons. The van der Waals surface area contributed by atoms with Gasteiger partial charge in [-0.25, -0.2) is 0 Å². The van der Waals surface area contributed by atoms with Crippen LogP contribution >= 0.6 is 11.8 Å². The number of aromatic nitrogens is 3. The third-order valence-corrected chi connectivity index (χ3v) is 6.47. The molecule has 29 heavy (non-hydrogen) atoms. The molecule has 0 N–H and O–H groups in total. The van der Waals surface area contributed by atoms with Crippen molar-refractivity contribution >= 4 is 17.7 Å². The van der Waals surface area contributed by atoms with Crippen molar-refractivity contribution < 1.29 is 9.53 Å². The number of hydrogen-bond acceptors (Lipinski definition) is 5. The van der Waals surface area contributed by atoms with Crippen molar-refractivity contribution in [1.82, 2.24) is 19.7 Å². The third kappa shape index (κ3) is 4.94. The highest BCUT2D eigenvalue weighted by molar-refractivity contribution is 7.99. The summed E-state index contributed by atoms with van der Waals surface area (Å²) in [5.41, 5.74) is 0.911. The van der Waals surface area contributed by atoms with Crippen LogP contribution in [0.1, 0.15) is 52.9 Å². The molecule has 1 aliphatic carbocycles. The van der Waals surface area contributed by atoms with Gasteiger partial charge in [-0.05, 0) is 45.7 Å². The summed E-state index contributed by atoms with van der Waals surface area (Å²) >= 11 is 1.48. The van der Waals surface area contributed by atoms with E-state index < -0.39 is 0 Å². The van der Waals surface area contributed by atoms with E-state index in [2.05, 4.69) is 40.4 Å². The molecule has 0 unspecified atom stereocenters. The molecule has 0 saturated heterocycles. The molecule has 7 heteroatoms. The fraction of sp³-hybridized carbons (Fsp3) is 0.591. The number of thioether (sulfide) groups is 1. The lowest BCUT2D eigenvalue weighted by Crippen LogP contribution is -2.46. The third-order valence-electron chi connectivity index (χ3n) is 5.52. The van der Waals surface area contributed by atoms with E-state index in [1.54, 1.807) is 7.11 Å². The number of ether oxygens (including phenoxy) is 1. The lowest BCUT2D eigenvalue weighted by atomic mass is 9.93. The summed E-state index contributed by atoms with van der Waals surface area (Å²) in [6.45, 7) is 7.03. The molecule has 1 aliphatic rings. The van der Waals surface area contributed by atoms with Crippen molar-refractivity contribution in [3.63, 3.8) is 0 Å². The minimum atomic E-state index is 0.196. The Morgan fingerprint density at radius 1 is 1.24 bits per heavy atom. The number of rotatable bonds is 8. The number of hydrogen-bond donors (Lipinski definition) is 0. The zero-order chi connectivity index (χ0) is 20.8. The van der Waals surface area contributed by atoms with E-state index in [4.69, 9.17) is 4.74 Å². The zero-order valence-corrected chi connectivity index (χ0v) is 18.7. The van der Waals surface area contributed by atoms with E-state index in [0.29, 0.717) is 11.8 Å². The highest BCUT2D eigenvalue weighted by Gasteiger charge is 2.28. The van der Waals surface area contributed by atoms with Gasteiger partial charge in [0.2, 0.25) is 5.91 Å². The molecule has 0 atom stereocenters. The van der Waals surface area contributed by atoms with Crippen LogP contribution in [0.5, 0.6) is 5.75 Å². The van der Waals surface area contributed by atoms with E-state index in [1.807, 2.05) is 24.3 Å². The van der Waals surface area contributed by atoms with Crippen LogP contribution in [-0.4, -0.2) is 50.5 Å². The van der Waals surface area contributed by atoms with Gasteiger partial charge in [0, 0.05) is 18.6 Å². The highest BCUT2D eigenvalue weighted by atomic mass is 32.2. The van der Waals surface area contributed by atoms with Gasteiger partial charge in [0.15, 0.2) is 11.0 Å². The normalized spacial score (nSPS) is 14.9. The molecular formula is C22H32N4O2S. The fourth-order valence-electron chi connectivity index (χ4n) is 4.18. The van der Waals surface area contributed by atoms with Crippen LogP contribution in [0.2, 0.25) is 0 Å². The predicted molar refractivity (Wildman–Crippen MR) is 117 cm³/mol. The highest BCUT2D eigenvalue weighted by Crippen LogP contribution is 2.31. The first-order valence-electron chi connectivity index (χ1n) is 10.6. The molecule has 1 aromatic heterocycles. The Kier molecular flexibility index (Phi) is 7.58. The number of methoxy groups -OCH3 is 1. The number of para-hydroxylation sites is 1.